The van der Waals surface area contributed by atoms with Gasteiger partial charge in [-0.3, -0.25) is 9.48 Å². The number of halogens is 2. The van der Waals surface area contributed by atoms with E-state index in [1.165, 1.54) is 0 Å². The van der Waals surface area contributed by atoms with Crippen molar-refractivity contribution in [2.24, 2.45) is 7.05 Å². The number of carbonyl (C=O) groups is 1. The average Bonchev–Trinajstić information content (AvgIpc) is 3.17. The molecule has 27 heavy (non-hydrogen) atoms. The van der Waals surface area contributed by atoms with Crippen molar-refractivity contribution in [2.45, 2.75) is 32.9 Å². The van der Waals surface area contributed by atoms with E-state index >= 15 is 0 Å². The Morgan fingerprint density at radius 1 is 1.41 bits per heavy atom. The minimum absolute atomic E-state index is 0. The highest BCUT2D eigenvalue weighted by molar-refractivity contribution is 5.85. The molecule has 0 fully saturated rings. The lowest BCUT2D eigenvalue weighted by Gasteiger charge is -2.29. The number of aromatic nitrogens is 4. The summed E-state index contributed by atoms with van der Waals surface area (Å²) in [4.78, 5) is 22.6. The summed E-state index contributed by atoms with van der Waals surface area (Å²) in [5, 5.41) is 7.76. The van der Waals surface area contributed by atoms with E-state index in [-0.39, 0.29) is 30.7 Å². The van der Waals surface area contributed by atoms with Gasteiger partial charge in [0.05, 0.1) is 24.3 Å². The first kappa shape index (κ1) is 23.4. The molecule has 0 saturated heterocycles. The van der Waals surface area contributed by atoms with Gasteiger partial charge >= 0.3 is 0 Å². The molecule has 1 aliphatic heterocycles. The van der Waals surface area contributed by atoms with E-state index in [0.29, 0.717) is 19.7 Å². The number of nitrogens with one attached hydrogen (secondary N) is 2. The zero-order valence-corrected chi connectivity index (χ0v) is 17.7. The molecule has 0 aliphatic carbocycles. The fourth-order valence-electron chi connectivity index (χ4n) is 3.31. The Morgan fingerprint density at radius 2 is 2.15 bits per heavy atom. The van der Waals surface area contributed by atoms with Crippen LogP contribution in [0.4, 0.5) is 0 Å². The summed E-state index contributed by atoms with van der Waals surface area (Å²) in [6.45, 7) is 6.30. The minimum Gasteiger partial charge on any atom is -0.383 e. The Labute approximate surface area is 171 Å². The standard InChI is InChI=1S/C17H26N6O2.2ClH/c1-11-13(12(2)22(3)21-11)9-23(7-8-25-4)17(24)16-15-14(5-6-18-16)19-10-20-15;;/h10,16,18H,5-9H2,1-4H3,(H,19,20);2*1H. The van der Waals surface area contributed by atoms with Crippen molar-refractivity contribution in [1.82, 2.24) is 30.0 Å². The van der Waals surface area contributed by atoms with Gasteiger partial charge in [-0.2, -0.15) is 5.10 Å². The monoisotopic (exact) mass is 418 g/mol. The third kappa shape index (κ3) is 4.82. The van der Waals surface area contributed by atoms with Gasteiger partial charge in [0.1, 0.15) is 6.04 Å². The second kappa shape index (κ2) is 10.1. The molecule has 1 amide bonds. The van der Waals surface area contributed by atoms with Crippen LogP contribution in [0.15, 0.2) is 6.33 Å². The van der Waals surface area contributed by atoms with Crippen LogP contribution < -0.4 is 5.32 Å². The second-order valence-electron chi connectivity index (χ2n) is 6.43. The van der Waals surface area contributed by atoms with Crippen molar-refractivity contribution in [2.75, 3.05) is 26.8 Å². The van der Waals surface area contributed by atoms with Crippen LogP contribution in [0.5, 0.6) is 0 Å². The number of aryl methyl sites for hydroxylation is 2. The third-order valence-electron chi connectivity index (χ3n) is 4.88. The molecule has 3 rings (SSSR count). The molecular formula is C17H28Cl2N6O2. The van der Waals surface area contributed by atoms with Gasteiger partial charge in [-0.25, -0.2) is 4.98 Å². The van der Waals surface area contributed by atoms with E-state index in [1.807, 2.05) is 30.5 Å². The molecule has 0 radical (unpaired) electrons. The Kier molecular flexibility index (Phi) is 8.74. The number of aromatic amines is 1. The summed E-state index contributed by atoms with van der Waals surface area (Å²) in [6.07, 6.45) is 2.52. The molecule has 8 nitrogen and oxygen atoms in total. The van der Waals surface area contributed by atoms with Gasteiger partial charge in [0.15, 0.2) is 0 Å². The first-order chi connectivity index (χ1) is 12.0. The van der Waals surface area contributed by atoms with Crippen LogP contribution in [0.25, 0.3) is 0 Å². The van der Waals surface area contributed by atoms with Crippen LogP contribution in [0.1, 0.15) is 34.4 Å². The Balaban J connectivity index is 0.00000182. The molecule has 152 valence electrons. The maximum absolute atomic E-state index is 13.2. The smallest absolute Gasteiger partial charge is 0.246 e. The lowest BCUT2D eigenvalue weighted by molar-refractivity contribution is -0.135. The number of imidazole rings is 1. The molecule has 0 aromatic carbocycles. The number of rotatable bonds is 6. The zero-order chi connectivity index (χ0) is 18.0. The molecule has 1 unspecified atom stereocenters. The van der Waals surface area contributed by atoms with Crippen LogP contribution in [0.3, 0.4) is 0 Å². The summed E-state index contributed by atoms with van der Waals surface area (Å²) < 4.78 is 7.07. The van der Waals surface area contributed by atoms with Gasteiger partial charge in [-0.05, 0) is 13.8 Å². The Hall–Kier alpha value is -1.61. The van der Waals surface area contributed by atoms with Crippen molar-refractivity contribution in [3.8, 4) is 0 Å². The van der Waals surface area contributed by atoms with Crippen molar-refractivity contribution >= 4 is 30.7 Å². The molecule has 2 aromatic heterocycles. The number of ether oxygens (including phenoxy) is 1. The van der Waals surface area contributed by atoms with Gasteiger partial charge in [-0.1, -0.05) is 0 Å². The maximum Gasteiger partial charge on any atom is 0.246 e. The average molecular weight is 419 g/mol. The highest BCUT2D eigenvalue weighted by Gasteiger charge is 2.32. The van der Waals surface area contributed by atoms with Crippen LogP contribution in [-0.4, -0.2) is 57.4 Å². The first-order valence-electron chi connectivity index (χ1n) is 8.55. The van der Waals surface area contributed by atoms with Gasteiger partial charge in [0.2, 0.25) is 5.91 Å². The van der Waals surface area contributed by atoms with E-state index in [2.05, 4.69) is 20.4 Å². The van der Waals surface area contributed by atoms with Gasteiger partial charge in [-0.15, -0.1) is 24.8 Å². The van der Waals surface area contributed by atoms with E-state index in [9.17, 15) is 4.79 Å². The van der Waals surface area contributed by atoms with Gasteiger partial charge in [0, 0.05) is 57.2 Å². The lowest BCUT2D eigenvalue weighted by Crippen LogP contribution is -2.44. The van der Waals surface area contributed by atoms with Crippen LogP contribution >= 0.6 is 24.8 Å². The number of nitrogens with zero attached hydrogens (tertiary/aromatic N) is 4. The molecule has 10 heteroatoms. The summed E-state index contributed by atoms with van der Waals surface area (Å²) >= 11 is 0. The second-order valence-corrected chi connectivity index (χ2v) is 6.43. The fourth-order valence-corrected chi connectivity index (χ4v) is 3.31. The van der Waals surface area contributed by atoms with Gasteiger partial charge < -0.3 is 19.9 Å². The normalized spacial score (nSPS) is 15.5. The SMILES string of the molecule is COCCN(Cc1c(C)nn(C)c1C)C(=O)C1NCCc2[nH]cnc21.Cl.Cl. The number of methoxy groups -OCH3 is 1. The summed E-state index contributed by atoms with van der Waals surface area (Å²) in [7, 11) is 3.57. The highest BCUT2D eigenvalue weighted by atomic mass is 35.5. The third-order valence-corrected chi connectivity index (χ3v) is 4.88. The largest absolute Gasteiger partial charge is 0.383 e. The van der Waals surface area contributed by atoms with E-state index < -0.39 is 6.04 Å². The molecule has 2 aromatic rings. The number of hydrogen-bond donors (Lipinski definition) is 2. The van der Waals surface area contributed by atoms with Crippen molar-refractivity contribution in [3.05, 3.63) is 34.7 Å². The molecule has 0 saturated carbocycles. The van der Waals surface area contributed by atoms with E-state index in [0.717, 1.165) is 41.3 Å². The molecule has 0 bridgehead atoms. The molecule has 2 N–H and O–H groups in total. The predicted molar refractivity (Wildman–Crippen MR) is 108 cm³/mol. The number of H-pyrrole nitrogens is 1. The molecule has 1 aliphatic rings. The van der Waals surface area contributed by atoms with Crippen LogP contribution in [0.2, 0.25) is 0 Å². The Morgan fingerprint density at radius 3 is 2.78 bits per heavy atom. The molecule has 3 heterocycles. The lowest BCUT2D eigenvalue weighted by atomic mass is 10.0. The summed E-state index contributed by atoms with van der Waals surface area (Å²) in [5.74, 6) is 0.0211. The topological polar surface area (TPSA) is 88.1 Å². The summed E-state index contributed by atoms with van der Waals surface area (Å²) in [6, 6.07) is -0.413. The minimum atomic E-state index is -0.413. The number of amides is 1. The molecular weight excluding hydrogens is 391 g/mol. The number of carbonyl (C=O) groups excluding carboxylic acids is 1. The maximum atomic E-state index is 13.2. The van der Waals surface area contributed by atoms with E-state index in [1.54, 1.807) is 13.4 Å². The van der Waals surface area contributed by atoms with Crippen LogP contribution in [-0.2, 0) is 29.5 Å². The number of fused-ring (bicyclic) bond motifs is 1. The summed E-state index contributed by atoms with van der Waals surface area (Å²) in [5.41, 5.74) is 4.96. The molecule has 0 spiro atoms. The van der Waals surface area contributed by atoms with Crippen molar-refractivity contribution < 1.29 is 9.53 Å². The Bertz CT molecular complexity index is 761. The van der Waals surface area contributed by atoms with Gasteiger partial charge in [0.25, 0.3) is 0 Å². The van der Waals surface area contributed by atoms with Crippen molar-refractivity contribution in [1.29, 1.82) is 0 Å². The van der Waals surface area contributed by atoms with Crippen LogP contribution in [0, 0.1) is 13.8 Å². The van der Waals surface area contributed by atoms with E-state index in [4.69, 9.17) is 4.74 Å². The number of hydrogen-bond acceptors (Lipinski definition) is 5. The molecule has 1 atom stereocenters. The van der Waals surface area contributed by atoms with Crippen molar-refractivity contribution in [3.63, 3.8) is 0 Å². The highest BCUT2D eigenvalue weighted by Crippen LogP contribution is 2.23. The first-order valence-corrected chi connectivity index (χ1v) is 8.55. The quantitative estimate of drug-likeness (QED) is 0.741. The fraction of sp³-hybridized carbons (Fsp3) is 0.588. The zero-order valence-electron chi connectivity index (χ0n) is 16.1. The predicted octanol–water partition coefficient (Wildman–Crippen LogP) is 1.47.